The molecule has 4 aromatic rings. The van der Waals surface area contributed by atoms with Crippen LogP contribution in [0.2, 0.25) is 5.02 Å². The van der Waals surface area contributed by atoms with Crippen LogP contribution in [0.3, 0.4) is 0 Å². The Labute approximate surface area is 223 Å². The molecule has 0 spiro atoms. The fourth-order valence-corrected chi connectivity index (χ4v) is 5.80. The lowest BCUT2D eigenvalue weighted by Crippen LogP contribution is -2.43. The van der Waals surface area contributed by atoms with E-state index in [9.17, 15) is 9.18 Å². The van der Waals surface area contributed by atoms with Gasteiger partial charge in [-0.2, -0.15) is 4.98 Å². The first-order valence-electron chi connectivity index (χ1n) is 12.7. The van der Waals surface area contributed by atoms with Crippen molar-refractivity contribution in [3.8, 4) is 22.7 Å². The third-order valence-electron chi connectivity index (χ3n) is 7.33. The molecule has 2 aliphatic rings. The Balaban J connectivity index is 1.78. The highest BCUT2D eigenvalue weighted by Gasteiger charge is 2.35. The summed E-state index contributed by atoms with van der Waals surface area (Å²) in [6, 6.07) is 5.04. The predicted molar refractivity (Wildman–Crippen MR) is 143 cm³/mol. The van der Waals surface area contributed by atoms with Gasteiger partial charge in [-0.3, -0.25) is 4.98 Å². The highest BCUT2D eigenvalue weighted by Crippen LogP contribution is 2.46. The van der Waals surface area contributed by atoms with Gasteiger partial charge in [0.15, 0.2) is 11.4 Å². The number of pyridine rings is 2. The predicted octanol–water partition coefficient (Wildman–Crippen LogP) is 5.96. The summed E-state index contributed by atoms with van der Waals surface area (Å²) in [4.78, 5) is 29.9. The van der Waals surface area contributed by atoms with Crippen molar-refractivity contribution in [2.75, 3.05) is 18.1 Å². The monoisotopic (exact) mass is 537 g/mol. The van der Waals surface area contributed by atoms with Crippen molar-refractivity contribution >= 4 is 28.5 Å². The number of anilines is 1. The summed E-state index contributed by atoms with van der Waals surface area (Å²) in [5.74, 6) is -0.794. The van der Waals surface area contributed by atoms with Gasteiger partial charge in [0, 0.05) is 24.4 Å². The van der Waals surface area contributed by atoms with Crippen molar-refractivity contribution in [1.82, 2.24) is 19.5 Å². The van der Waals surface area contributed by atoms with Crippen LogP contribution in [0.5, 0.6) is 5.75 Å². The molecule has 1 aromatic carbocycles. The molecule has 1 fully saturated rings. The summed E-state index contributed by atoms with van der Waals surface area (Å²) < 4.78 is 36.5. The van der Waals surface area contributed by atoms with Gasteiger partial charge in [0.25, 0.3) is 0 Å². The number of aryl methyl sites for hydroxylation is 1. The smallest absolute Gasteiger partial charge is 0.355 e. The van der Waals surface area contributed by atoms with E-state index in [2.05, 4.69) is 14.9 Å². The summed E-state index contributed by atoms with van der Waals surface area (Å²) in [5, 5.41) is 0.575. The lowest BCUT2D eigenvalue weighted by atomic mass is 10.0. The Hall–Kier alpha value is -3.59. The summed E-state index contributed by atoms with van der Waals surface area (Å²) in [5.41, 5.74) is 1.85. The van der Waals surface area contributed by atoms with Crippen molar-refractivity contribution in [2.45, 2.75) is 52.0 Å². The average Bonchev–Trinajstić information content (AvgIpc) is 3.04. The van der Waals surface area contributed by atoms with Gasteiger partial charge in [-0.1, -0.05) is 25.4 Å². The molecular formula is C28H26ClF2N5O2. The molecule has 7 nitrogen and oxygen atoms in total. The van der Waals surface area contributed by atoms with E-state index in [1.165, 1.54) is 10.6 Å². The van der Waals surface area contributed by atoms with E-state index in [1.54, 1.807) is 6.20 Å². The molecule has 38 heavy (non-hydrogen) atoms. The minimum absolute atomic E-state index is 0.00414. The molecule has 0 aliphatic carbocycles. The van der Waals surface area contributed by atoms with E-state index in [4.69, 9.17) is 21.3 Å². The van der Waals surface area contributed by atoms with Gasteiger partial charge in [-0.15, -0.1) is 0 Å². The van der Waals surface area contributed by atoms with Gasteiger partial charge in [0.2, 0.25) is 0 Å². The zero-order valence-corrected chi connectivity index (χ0v) is 22.0. The molecule has 0 bridgehead atoms. The Morgan fingerprint density at radius 3 is 2.74 bits per heavy atom. The second kappa shape index (κ2) is 9.31. The van der Waals surface area contributed by atoms with E-state index in [0.717, 1.165) is 37.0 Å². The maximum atomic E-state index is 15.0. The van der Waals surface area contributed by atoms with E-state index in [1.807, 2.05) is 26.8 Å². The van der Waals surface area contributed by atoms with Crippen LogP contribution in [-0.4, -0.2) is 38.7 Å². The number of rotatable bonds is 3. The van der Waals surface area contributed by atoms with Crippen LogP contribution in [0, 0.1) is 18.6 Å². The van der Waals surface area contributed by atoms with Crippen molar-refractivity contribution in [1.29, 1.82) is 0 Å². The lowest BCUT2D eigenvalue weighted by molar-refractivity contribution is 0.267. The number of halogens is 3. The molecule has 3 aromatic heterocycles. The first-order valence-corrected chi connectivity index (χ1v) is 13.1. The largest absolute Gasteiger partial charge is 0.489 e. The molecule has 0 radical (unpaired) electrons. The first-order chi connectivity index (χ1) is 18.3. The molecule has 196 valence electrons. The first kappa shape index (κ1) is 24.7. The number of hydrogen-bond donors (Lipinski definition) is 0. The van der Waals surface area contributed by atoms with Gasteiger partial charge in [-0.25, -0.2) is 23.1 Å². The molecular weight excluding hydrogens is 512 g/mol. The minimum atomic E-state index is -0.819. The molecule has 5 heterocycles. The number of fused-ring (bicyclic) bond motifs is 2. The summed E-state index contributed by atoms with van der Waals surface area (Å²) in [6.07, 6.45) is 4.57. The van der Waals surface area contributed by atoms with Crippen LogP contribution in [0.1, 0.15) is 50.3 Å². The average molecular weight is 538 g/mol. The van der Waals surface area contributed by atoms with Crippen molar-refractivity contribution in [2.24, 2.45) is 0 Å². The second-order valence-corrected chi connectivity index (χ2v) is 10.5. The minimum Gasteiger partial charge on any atom is -0.489 e. The highest BCUT2D eigenvalue weighted by atomic mass is 35.5. The maximum Gasteiger partial charge on any atom is 0.355 e. The Morgan fingerprint density at radius 2 is 1.97 bits per heavy atom. The molecule has 1 saturated heterocycles. The third kappa shape index (κ3) is 3.83. The number of hydrogen-bond acceptors (Lipinski definition) is 6. The van der Waals surface area contributed by atoms with Crippen LogP contribution in [0.25, 0.3) is 28.0 Å². The lowest BCUT2D eigenvalue weighted by Gasteiger charge is -2.34. The van der Waals surface area contributed by atoms with E-state index < -0.39 is 17.3 Å². The topological polar surface area (TPSA) is 73.1 Å². The van der Waals surface area contributed by atoms with E-state index >= 15 is 4.39 Å². The number of nitrogens with zero attached hydrogens (tertiary/aromatic N) is 5. The van der Waals surface area contributed by atoms with Gasteiger partial charge >= 0.3 is 5.69 Å². The van der Waals surface area contributed by atoms with Crippen LogP contribution in [0.15, 0.2) is 35.3 Å². The van der Waals surface area contributed by atoms with Gasteiger partial charge in [0.1, 0.15) is 34.5 Å². The SMILES string of the molecule is Cc1ccnc(C(C)C)c1-n1c(=O)nc2c3c(c(Cl)c(-c4ccc(F)cc4F)nc31)OC[C@H]1CCCCN21. The zero-order chi connectivity index (χ0) is 26.7. The van der Waals surface area contributed by atoms with Gasteiger partial charge in [-0.05, 0) is 55.9 Å². The van der Waals surface area contributed by atoms with Crippen molar-refractivity contribution in [3.63, 3.8) is 0 Å². The molecule has 1 atom stereocenters. The zero-order valence-electron chi connectivity index (χ0n) is 21.3. The van der Waals surface area contributed by atoms with Crippen LogP contribution in [0.4, 0.5) is 14.6 Å². The molecule has 2 aliphatic heterocycles. The summed E-state index contributed by atoms with van der Waals surface area (Å²) in [7, 11) is 0. The molecule has 0 amide bonds. The van der Waals surface area contributed by atoms with Crippen molar-refractivity contribution in [3.05, 3.63) is 68.9 Å². The Kier molecular flexibility index (Phi) is 6.06. The van der Waals surface area contributed by atoms with Crippen LogP contribution in [-0.2, 0) is 0 Å². The normalized spacial score (nSPS) is 16.9. The standard InChI is InChI=1S/C28H26ClF2N5O2/c1-14(2)22-24(15(3)9-10-32-22)36-27-20-25(21(29)23(33-27)18-8-7-16(30)12-19(18)31)38-13-17-6-4-5-11-35(17)26(20)34-28(36)37/h7-10,12,14,17H,4-6,11,13H2,1-3H3/t17-/m1/s1. The number of aromatic nitrogens is 4. The van der Waals surface area contributed by atoms with Gasteiger partial charge in [0.05, 0.1) is 23.1 Å². The quantitative estimate of drug-likeness (QED) is 0.321. The fraction of sp³-hybridized carbons (Fsp3) is 0.357. The molecule has 0 N–H and O–H groups in total. The summed E-state index contributed by atoms with van der Waals surface area (Å²) >= 11 is 6.87. The fourth-order valence-electron chi connectivity index (χ4n) is 5.50. The van der Waals surface area contributed by atoms with E-state index in [0.29, 0.717) is 35.7 Å². The second-order valence-electron chi connectivity index (χ2n) is 10.2. The summed E-state index contributed by atoms with van der Waals surface area (Å²) in [6.45, 7) is 6.92. The third-order valence-corrected chi connectivity index (χ3v) is 7.68. The number of benzene rings is 1. The highest BCUT2D eigenvalue weighted by molar-refractivity contribution is 6.36. The van der Waals surface area contributed by atoms with Crippen molar-refractivity contribution < 1.29 is 13.5 Å². The Morgan fingerprint density at radius 1 is 1.16 bits per heavy atom. The van der Waals surface area contributed by atoms with Gasteiger partial charge < -0.3 is 9.64 Å². The molecule has 6 rings (SSSR count). The van der Waals surface area contributed by atoms with Crippen LogP contribution >= 0.6 is 11.6 Å². The number of ether oxygens (including phenoxy) is 1. The van der Waals surface area contributed by atoms with Crippen LogP contribution < -0.4 is 15.3 Å². The molecule has 0 saturated carbocycles. The maximum absolute atomic E-state index is 15.0. The van der Waals surface area contributed by atoms with E-state index in [-0.39, 0.29) is 39.6 Å². The molecule has 0 unspecified atom stereocenters. The number of piperidine rings is 1. The Bertz CT molecular complexity index is 1660. The molecule has 10 heteroatoms.